The maximum absolute atomic E-state index is 12.7. The van der Waals surface area contributed by atoms with Gasteiger partial charge in [0.25, 0.3) is 0 Å². The number of aliphatic hydroxyl groups is 1. The molecule has 26 heavy (non-hydrogen) atoms. The summed E-state index contributed by atoms with van der Waals surface area (Å²) in [6, 6.07) is 7.18. The predicted molar refractivity (Wildman–Crippen MR) is 94.7 cm³/mol. The van der Waals surface area contributed by atoms with Crippen LogP contribution < -0.4 is 4.74 Å². The molecule has 0 bridgehead atoms. The highest BCUT2D eigenvalue weighted by atomic mass is 16.5. The molecule has 4 N–H and O–H groups in total. The van der Waals surface area contributed by atoms with Crippen molar-refractivity contribution in [3.05, 3.63) is 58.7 Å². The van der Waals surface area contributed by atoms with Crippen molar-refractivity contribution in [2.75, 3.05) is 0 Å². The Labute approximate surface area is 150 Å². The largest absolute Gasteiger partial charge is 0.508 e. The van der Waals surface area contributed by atoms with Gasteiger partial charge >= 0.3 is 0 Å². The number of fused-ring (bicyclic) bond motifs is 1. The first kappa shape index (κ1) is 17.8. The predicted octanol–water partition coefficient (Wildman–Crippen LogP) is 2.99. The Morgan fingerprint density at radius 3 is 2.42 bits per heavy atom. The lowest BCUT2D eigenvalue weighted by atomic mass is 9.90. The minimum absolute atomic E-state index is 0.00863. The summed E-state index contributed by atoms with van der Waals surface area (Å²) in [5.41, 5.74) is 1.55. The van der Waals surface area contributed by atoms with Crippen molar-refractivity contribution in [2.45, 2.75) is 32.5 Å². The fraction of sp³-hybridized carbons (Fsp3) is 0.250. The number of phenols is 3. The number of ketones is 1. The van der Waals surface area contributed by atoms with Crippen LogP contribution in [-0.4, -0.2) is 32.3 Å². The Kier molecular flexibility index (Phi) is 4.61. The van der Waals surface area contributed by atoms with E-state index in [2.05, 4.69) is 0 Å². The average molecular weight is 356 g/mol. The summed E-state index contributed by atoms with van der Waals surface area (Å²) >= 11 is 0. The standard InChI is InChI=1S/C20H20O6/c1-10(2)3-8-13-14(22)9-15-16(17(13)23)18(24)19(25)20(26-15)11-4-6-12(21)7-5-11/h3-7,9,19-23,25H,8H2,1-2H3/t19-,20+/m0/s1. The van der Waals surface area contributed by atoms with Gasteiger partial charge in [0, 0.05) is 11.6 Å². The van der Waals surface area contributed by atoms with Crippen LogP contribution in [0.25, 0.3) is 0 Å². The molecule has 2 aromatic rings. The van der Waals surface area contributed by atoms with Gasteiger partial charge in [0.1, 0.15) is 28.6 Å². The first-order valence-corrected chi connectivity index (χ1v) is 8.18. The first-order chi connectivity index (χ1) is 12.3. The van der Waals surface area contributed by atoms with Gasteiger partial charge in [-0.3, -0.25) is 4.79 Å². The van der Waals surface area contributed by atoms with Gasteiger partial charge in [0.2, 0.25) is 5.78 Å². The van der Waals surface area contributed by atoms with Gasteiger partial charge in [0.05, 0.1) is 0 Å². The number of allylic oxidation sites excluding steroid dienone is 2. The Morgan fingerprint density at radius 2 is 1.81 bits per heavy atom. The molecule has 6 heteroatoms. The number of Topliss-reactive ketones (excluding diaryl/α,β-unsaturated/α-hetero) is 1. The van der Waals surface area contributed by atoms with Crippen molar-refractivity contribution in [3.63, 3.8) is 0 Å². The van der Waals surface area contributed by atoms with Crippen molar-refractivity contribution in [2.24, 2.45) is 0 Å². The van der Waals surface area contributed by atoms with Gasteiger partial charge in [0.15, 0.2) is 12.2 Å². The SMILES string of the molecule is CC(C)=CCc1c(O)cc2c(c1O)C(=O)[C@H](O)[C@@H](c1ccc(O)cc1)O2. The highest BCUT2D eigenvalue weighted by Crippen LogP contribution is 2.45. The maximum atomic E-state index is 12.7. The van der Waals surface area contributed by atoms with Crippen LogP contribution in [0.2, 0.25) is 0 Å². The Balaban J connectivity index is 2.05. The van der Waals surface area contributed by atoms with Gasteiger partial charge < -0.3 is 25.2 Å². The number of rotatable bonds is 3. The minimum Gasteiger partial charge on any atom is -0.508 e. The van der Waals surface area contributed by atoms with E-state index in [4.69, 9.17) is 4.74 Å². The summed E-state index contributed by atoms with van der Waals surface area (Å²) in [6.07, 6.45) is -0.458. The van der Waals surface area contributed by atoms with E-state index in [0.29, 0.717) is 5.56 Å². The molecule has 0 spiro atoms. The summed E-state index contributed by atoms with van der Waals surface area (Å²) in [7, 11) is 0. The number of aromatic hydroxyl groups is 3. The van der Waals surface area contributed by atoms with Crippen molar-refractivity contribution in [3.8, 4) is 23.0 Å². The van der Waals surface area contributed by atoms with E-state index < -0.39 is 18.0 Å². The van der Waals surface area contributed by atoms with Crippen LogP contribution in [0.15, 0.2) is 42.0 Å². The number of aliphatic hydroxyl groups excluding tert-OH is 1. The molecule has 3 rings (SSSR count). The number of carbonyl (C=O) groups is 1. The van der Waals surface area contributed by atoms with Crippen LogP contribution in [0.4, 0.5) is 0 Å². The summed E-state index contributed by atoms with van der Waals surface area (Å²) in [4.78, 5) is 12.7. The van der Waals surface area contributed by atoms with Crippen LogP contribution in [0.1, 0.15) is 41.4 Å². The minimum atomic E-state index is -1.52. The topological polar surface area (TPSA) is 107 Å². The van der Waals surface area contributed by atoms with Crippen molar-refractivity contribution in [1.29, 1.82) is 0 Å². The fourth-order valence-corrected chi connectivity index (χ4v) is 2.91. The number of carbonyl (C=O) groups excluding carboxylic acids is 1. The van der Waals surface area contributed by atoms with Gasteiger partial charge in [-0.15, -0.1) is 0 Å². The molecular weight excluding hydrogens is 336 g/mol. The van der Waals surface area contributed by atoms with Gasteiger partial charge in [-0.2, -0.15) is 0 Å². The third-order valence-electron chi connectivity index (χ3n) is 4.34. The lowest BCUT2D eigenvalue weighted by Crippen LogP contribution is -2.36. The lowest BCUT2D eigenvalue weighted by Gasteiger charge is -2.30. The van der Waals surface area contributed by atoms with Crippen LogP contribution in [-0.2, 0) is 6.42 Å². The Hall–Kier alpha value is -2.99. The number of hydrogen-bond acceptors (Lipinski definition) is 6. The van der Waals surface area contributed by atoms with E-state index in [1.54, 1.807) is 0 Å². The van der Waals surface area contributed by atoms with Gasteiger partial charge in [-0.25, -0.2) is 0 Å². The monoisotopic (exact) mass is 356 g/mol. The van der Waals surface area contributed by atoms with Crippen molar-refractivity contribution < 1.29 is 30.0 Å². The second kappa shape index (κ2) is 6.72. The molecule has 1 aliphatic rings. The van der Waals surface area contributed by atoms with Gasteiger partial charge in [-0.05, 0) is 38.0 Å². The molecule has 0 aliphatic carbocycles. The summed E-state index contributed by atoms with van der Waals surface area (Å²) < 4.78 is 5.69. The van der Waals surface area contributed by atoms with E-state index in [9.17, 15) is 25.2 Å². The molecule has 1 heterocycles. The van der Waals surface area contributed by atoms with Gasteiger partial charge in [-0.1, -0.05) is 23.8 Å². The molecule has 1 aliphatic heterocycles. The van der Waals surface area contributed by atoms with Crippen LogP contribution in [0.3, 0.4) is 0 Å². The molecule has 0 fully saturated rings. The first-order valence-electron chi connectivity index (χ1n) is 8.18. The van der Waals surface area contributed by atoms with Crippen molar-refractivity contribution in [1.82, 2.24) is 0 Å². The molecular formula is C20H20O6. The van der Waals surface area contributed by atoms with E-state index in [1.807, 2.05) is 19.9 Å². The molecule has 6 nitrogen and oxygen atoms in total. The highest BCUT2D eigenvalue weighted by molar-refractivity contribution is 6.06. The highest BCUT2D eigenvalue weighted by Gasteiger charge is 2.40. The summed E-state index contributed by atoms with van der Waals surface area (Å²) in [6.45, 7) is 3.76. The third-order valence-corrected chi connectivity index (χ3v) is 4.34. The molecule has 0 amide bonds. The molecule has 0 saturated carbocycles. The zero-order chi connectivity index (χ0) is 19.0. The van der Waals surface area contributed by atoms with E-state index >= 15 is 0 Å². The average Bonchev–Trinajstić information content (AvgIpc) is 2.58. The van der Waals surface area contributed by atoms with Crippen LogP contribution >= 0.6 is 0 Å². The third kappa shape index (κ3) is 3.11. The fourth-order valence-electron chi connectivity index (χ4n) is 2.91. The number of ether oxygens (including phenoxy) is 1. The van der Waals surface area contributed by atoms with Crippen molar-refractivity contribution >= 4 is 5.78 Å². The van der Waals surface area contributed by atoms with Crippen LogP contribution in [0, 0.1) is 0 Å². The van der Waals surface area contributed by atoms with E-state index in [0.717, 1.165) is 5.57 Å². The molecule has 0 aromatic heterocycles. The zero-order valence-corrected chi connectivity index (χ0v) is 14.4. The van der Waals surface area contributed by atoms with E-state index in [-0.39, 0.29) is 40.5 Å². The smallest absolute Gasteiger partial charge is 0.202 e. The summed E-state index contributed by atoms with van der Waals surface area (Å²) in [5.74, 6) is -1.20. The molecule has 0 saturated heterocycles. The molecule has 0 radical (unpaired) electrons. The number of phenolic OH excluding ortho intramolecular Hbond substituents is 3. The molecule has 2 atom stereocenters. The zero-order valence-electron chi connectivity index (χ0n) is 14.4. The number of hydrogen-bond donors (Lipinski definition) is 4. The maximum Gasteiger partial charge on any atom is 0.202 e. The molecule has 0 unspecified atom stereocenters. The Bertz CT molecular complexity index is 878. The van der Waals surface area contributed by atoms with E-state index in [1.165, 1.54) is 30.3 Å². The molecule has 2 aromatic carbocycles. The Morgan fingerprint density at radius 1 is 1.15 bits per heavy atom. The second-order valence-electron chi connectivity index (χ2n) is 6.52. The summed E-state index contributed by atoms with van der Waals surface area (Å²) in [5, 5.41) is 40.5. The lowest BCUT2D eigenvalue weighted by molar-refractivity contribution is 0.0210. The molecule has 136 valence electrons. The normalized spacial score (nSPS) is 18.8. The second-order valence-corrected chi connectivity index (χ2v) is 6.52. The van der Waals surface area contributed by atoms with Crippen LogP contribution in [0.5, 0.6) is 23.0 Å². The quantitative estimate of drug-likeness (QED) is 0.630. The number of benzene rings is 2.